The summed E-state index contributed by atoms with van der Waals surface area (Å²) in [5.41, 5.74) is 3.95. The zero-order valence-corrected chi connectivity index (χ0v) is 23.2. The van der Waals surface area contributed by atoms with Gasteiger partial charge in [0.2, 0.25) is 17.6 Å². The molecule has 11 nitrogen and oxygen atoms in total. The van der Waals surface area contributed by atoms with Gasteiger partial charge in [-0.2, -0.15) is 0 Å². The highest BCUT2D eigenvalue weighted by atomic mass is 16.5. The summed E-state index contributed by atoms with van der Waals surface area (Å²) in [5.74, 6) is -3.38. The molecule has 0 spiro atoms. The number of fused-ring (bicyclic) bond motifs is 5. The molecule has 0 bridgehead atoms. The minimum atomic E-state index is -1.62. The van der Waals surface area contributed by atoms with E-state index >= 15 is 0 Å². The summed E-state index contributed by atoms with van der Waals surface area (Å²) >= 11 is 0. The van der Waals surface area contributed by atoms with Crippen molar-refractivity contribution in [1.82, 2.24) is 5.32 Å². The van der Waals surface area contributed by atoms with E-state index in [-0.39, 0.29) is 17.1 Å². The van der Waals surface area contributed by atoms with Gasteiger partial charge in [-0.25, -0.2) is 4.79 Å². The van der Waals surface area contributed by atoms with Crippen molar-refractivity contribution in [3.63, 3.8) is 0 Å². The molecule has 3 saturated carbocycles. The number of esters is 1. The van der Waals surface area contributed by atoms with Gasteiger partial charge in [0.25, 0.3) is 0 Å². The van der Waals surface area contributed by atoms with Crippen LogP contribution in [0.3, 0.4) is 0 Å². The van der Waals surface area contributed by atoms with Crippen LogP contribution in [0.2, 0.25) is 0 Å². The maximum atomic E-state index is 13.3. The number of carboxylic acids is 1. The molecule has 0 aliphatic heterocycles. The van der Waals surface area contributed by atoms with Crippen molar-refractivity contribution in [2.75, 3.05) is 6.61 Å². The number of nitrogens with one attached hydrogen (secondary N) is 1. The number of carboxylic acid groups (broad SMARTS) is 1. The topological polar surface area (TPSA) is 190 Å². The second-order valence-corrected chi connectivity index (χ2v) is 12.5. The zero-order valence-electron chi connectivity index (χ0n) is 23.2. The van der Waals surface area contributed by atoms with Crippen LogP contribution in [0.5, 0.6) is 0 Å². The monoisotopic (exact) mass is 560 g/mol. The minimum absolute atomic E-state index is 0.0188. The summed E-state index contributed by atoms with van der Waals surface area (Å²) in [5, 5.41) is 22.9. The molecule has 0 aromatic carbocycles. The number of aliphatic hydroxyl groups is 1. The highest BCUT2D eigenvalue weighted by Gasteiger charge is 2.66. The van der Waals surface area contributed by atoms with Gasteiger partial charge in [-0.1, -0.05) is 19.4 Å². The number of hydrogen-bond donors (Lipinski definition) is 4. The van der Waals surface area contributed by atoms with Crippen LogP contribution in [0.1, 0.15) is 84.5 Å². The number of hydrogen-bond acceptors (Lipinski definition) is 8. The van der Waals surface area contributed by atoms with Crippen LogP contribution in [0, 0.1) is 28.6 Å². The van der Waals surface area contributed by atoms with E-state index in [1.807, 2.05) is 13.0 Å². The molecule has 4 aliphatic rings. The average molecular weight is 561 g/mol. The summed E-state index contributed by atoms with van der Waals surface area (Å²) in [6.45, 7) is 3.64. The molecule has 4 aliphatic carbocycles. The second kappa shape index (κ2) is 11.1. The van der Waals surface area contributed by atoms with Crippen LogP contribution in [-0.2, 0) is 33.5 Å². The molecule has 7 atom stereocenters. The summed E-state index contributed by atoms with van der Waals surface area (Å²) < 4.78 is 5.12. The van der Waals surface area contributed by atoms with Gasteiger partial charge < -0.3 is 26.0 Å². The Labute approximate surface area is 233 Å². The predicted molar refractivity (Wildman–Crippen MR) is 140 cm³/mol. The van der Waals surface area contributed by atoms with Crippen molar-refractivity contribution in [3.8, 4) is 0 Å². The maximum absolute atomic E-state index is 13.3. The van der Waals surface area contributed by atoms with Crippen LogP contribution in [-0.4, -0.2) is 63.8 Å². The molecule has 7 unspecified atom stereocenters. The molecule has 5 N–H and O–H groups in total. The van der Waals surface area contributed by atoms with Crippen molar-refractivity contribution < 1.29 is 43.7 Å². The van der Waals surface area contributed by atoms with Crippen molar-refractivity contribution in [1.29, 1.82) is 0 Å². The van der Waals surface area contributed by atoms with E-state index in [1.165, 1.54) is 5.57 Å². The van der Waals surface area contributed by atoms with Crippen LogP contribution >= 0.6 is 0 Å². The number of carbonyl (C=O) groups excluding carboxylic acids is 5. The Morgan fingerprint density at radius 1 is 1.05 bits per heavy atom. The summed E-state index contributed by atoms with van der Waals surface area (Å²) in [6, 6.07) is -1.50. The van der Waals surface area contributed by atoms with E-state index in [4.69, 9.17) is 15.6 Å². The molecule has 0 aromatic rings. The van der Waals surface area contributed by atoms with Crippen LogP contribution in [0.25, 0.3) is 0 Å². The van der Waals surface area contributed by atoms with Crippen molar-refractivity contribution in [3.05, 3.63) is 11.6 Å². The van der Waals surface area contributed by atoms with E-state index in [2.05, 4.69) is 12.2 Å². The number of aliphatic carboxylic acids is 1. The molecule has 4 rings (SSSR count). The second-order valence-electron chi connectivity index (χ2n) is 12.5. The van der Waals surface area contributed by atoms with Crippen LogP contribution in [0.4, 0.5) is 0 Å². The smallest absolute Gasteiger partial charge is 0.326 e. The highest BCUT2D eigenvalue weighted by Crippen LogP contribution is 2.67. The first-order chi connectivity index (χ1) is 18.7. The van der Waals surface area contributed by atoms with E-state index in [0.717, 1.165) is 25.7 Å². The van der Waals surface area contributed by atoms with Crippen LogP contribution in [0.15, 0.2) is 11.6 Å². The SMILES string of the molecule is CC12CCC(=O)C=C1CCC1C2CCC2(C)C1CCC2(O)C(=O)COC(=O)CCC(=O)NC(CC(N)=O)C(=O)O. The number of primary amides is 1. The van der Waals surface area contributed by atoms with Gasteiger partial charge in [-0.15, -0.1) is 0 Å². The van der Waals surface area contributed by atoms with Gasteiger partial charge in [-0.3, -0.25) is 24.0 Å². The quantitative estimate of drug-likeness (QED) is 0.287. The van der Waals surface area contributed by atoms with Crippen molar-refractivity contribution in [2.45, 2.75) is 96.1 Å². The fourth-order valence-corrected chi connectivity index (χ4v) is 8.25. The fraction of sp³-hybridized carbons (Fsp3) is 0.724. The number of allylic oxidation sites excluding steroid dienone is 1. The van der Waals surface area contributed by atoms with E-state index < -0.39 is 72.5 Å². The Morgan fingerprint density at radius 3 is 2.42 bits per heavy atom. The molecule has 0 radical (unpaired) electrons. The fourth-order valence-electron chi connectivity index (χ4n) is 8.25. The number of ether oxygens (including phenoxy) is 1. The van der Waals surface area contributed by atoms with E-state index in [0.29, 0.717) is 37.5 Å². The molecule has 3 fully saturated rings. The lowest BCUT2D eigenvalue weighted by Gasteiger charge is -2.58. The predicted octanol–water partition coefficient (Wildman–Crippen LogP) is 1.59. The first kappa shape index (κ1) is 29.9. The third-order valence-electron chi connectivity index (χ3n) is 10.5. The molecular weight excluding hydrogens is 520 g/mol. The molecule has 220 valence electrons. The standard InChI is InChI=1S/C29H40N2O9/c1-27-10-7-17(32)13-16(27)3-4-18-19(27)8-11-28(2)20(18)9-12-29(28,39)22(33)15-40-25(36)6-5-24(35)31-21(26(37)38)14-23(30)34/h13,18-21,39H,3-12,14-15H2,1-2H3,(H2,30,34)(H,31,35)(H,37,38). The number of amides is 2. The Hall–Kier alpha value is -3.08. The lowest BCUT2D eigenvalue weighted by molar-refractivity contribution is -0.170. The largest absolute Gasteiger partial charge is 0.480 e. The number of ketones is 2. The molecule has 0 heterocycles. The van der Waals surface area contributed by atoms with Crippen molar-refractivity contribution >= 4 is 35.3 Å². The molecule has 2 amide bonds. The zero-order chi connectivity index (χ0) is 29.5. The summed E-state index contributed by atoms with van der Waals surface area (Å²) in [7, 11) is 0. The molecule has 0 saturated heterocycles. The normalized spacial score (nSPS) is 35.3. The molecule has 11 heteroatoms. The van der Waals surface area contributed by atoms with E-state index in [1.54, 1.807) is 0 Å². The lowest BCUT2D eigenvalue weighted by Crippen LogP contribution is -2.58. The van der Waals surface area contributed by atoms with E-state index in [9.17, 15) is 33.9 Å². The Morgan fingerprint density at radius 2 is 1.75 bits per heavy atom. The number of carbonyl (C=O) groups is 6. The van der Waals surface area contributed by atoms with Crippen molar-refractivity contribution in [2.24, 2.45) is 34.3 Å². The molecular formula is C29H40N2O9. The first-order valence-electron chi connectivity index (χ1n) is 14.2. The van der Waals surface area contributed by atoms with Gasteiger partial charge in [0, 0.05) is 18.3 Å². The van der Waals surface area contributed by atoms with Gasteiger partial charge in [0.05, 0.1) is 12.8 Å². The summed E-state index contributed by atoms with van der Waals surface area (Å²) in [6.07, 6.45) is 6.21. The number of nitrogens with two attached hydrogens (primary N) is 1. The Kier molecular flexibility index (Phi) is 8.27. The van der Waals surface area contributed by atoms with Gasteiger partial charge >= 0.3 is 11.9 Å². The Balaban J connectivity index is 1.33. The third kappa shape index (κ3) is 5.32. The van der Waals surface area contributed by atoms with Gasteiger partial charge in [0.15, 0.2) is 12.4 Å². The molecule has 0 aromatic heterocycles. The van der Waals surface area contributed by atoms with Gasteiger partial charge in [0.1, 0.15) is 11.6 Å². The molecule has 40 heavy (non-hydrogen) atoms. The minimum Gasteiger partial charge on any atom is -0.480 e. The Bertz CT molecular complexity index is 1150. The third-order valence-corrected chi connectivity index (χ3v) is 10.5. The summed E-state index contributed by atoms with van der Waals surface area (Å²) in [4.78, 5) is 71.8. The van der Waals surface area contributed by atoms with Gasteiger partial charge in [-0.05, 0) is 74.2 Å². The average Bonchev–Trinajstić information content (AvgIpc) is 3.17. The highest BCUT2D eigenvalue weighted by molar-refractivity contribution is 5.92. The first-order valence-corrected chi connectivity index (χ1v) is 14.2. The number of Topliss-reactive ketones (excluding diaryl/α,β-unsaturated/α-hetero) is 1. The maximum Gasteiger partial charge on any atom is 0.326 e. The number of rotatable bonds is 10. The van der Waals surface area contributed by atoms with Crippen LogP contribution < -0.4 is 11.1 Å². The lowest BCUT2D eigenvalue weighted by atomic mass is 9.46.